The summed E-state index contributed by atoms with van der Waals surface area (Å²) in [6.45, 7) is 1.43. The number of amides is 1. The van der Waals surface area contributed by atoms with E-state index in [0.717, 1.165) is 0 Å². The first-order valence-corrected chi connectivity index (χ1v) is 7.58. The van der Waals surface area contributed by atoms with Gasteiger partial charge in [-0.05, 0) is 37.3 Å². The quantitative estimate of drug-likeness (QED) is 0.643. The van der Waals surface area contributed by atoms with Gasteiger partial charge in [-0.1, -0.05) is 34.8 Å². The maximum absolute atomic E-state index is 12.1. The number of nitrogens with one attached hydrogen (secondary N) is 1. The van der Waals surface area contributed by atoms with Gasteiger partial charge in [0.15, 0.2) is 6.10 Å². The van der Waals surface area contributed by atoms with E-state index in [2.05, 4.69) is 10.3 Å². The van der Waals surface area contributed by atoms with Crippen LogP contribution < -0.4 is 5.32 Å². The molecule has 1 atom stereocenters. The number of anilines is 1. The summed E-state index contributed by atoms with van der Waals surface area (Å²) in [5.41, 5.74) is 0.481. The number of ether oxygens (including phenoxy) is 1. The van der Waals surface area contributed by atoms with Gasteiger partial charge in [0.1, 0.15) is 5.15 Å². The fraction of sp³-hybridized carbons (Fsp3) is 0.133. The summed E-state index contributed by atoms with van der Waals surface area (Å²) in [5.74, 6) is -1.27. The number of carbonyl (C=O) groups excluding carboxylic acids is 2. The highest BCUT2D eigenvalue weighted by molar-refractivity contribution is 6.35. The Hall–Kier alpha value is -1.82. The highest BCUT2D eigenvalue weighted by Crippen LogP contribution is 2.22. The monoisotopic (exact) mass is 372 g/mol. The molecule has 1 N–H and O–H groups in total. The minimum absolute atomic E-state index is 0.00623. The average molecular weight is 374 g/mol. The number of benzene rings is 1. The van der Waals surface area contributed by atoms with Crippen molar-refractivity contribution in [2.45, 2.75) is 13.0 Å². The van der Waals surface area contributed by atoms with E-state index in [-0.39, 0.29) is 10.7 Å². The Bertz CT molecular complexity index is 732. The van der Waals surface area contributed by atoms with Gasteiger partial charge < -0.3 is 10.1 Å². The third kappa shape index (κ3) is 4.82. The van der Waals surface area contributed by atoms with Gasteiger partial charge in [0.2, 0.25) is 0 Å². The molecule has 0 saturated carbocycles. The van der Waals surface area contributed by atoms with Crippen LogP contribution in [-0.4, -0.2) is 23.0 Å². The molecule has 120 valence electrons. The van der Waals surface area contributed by atoms with Crippen LogP contribution in [-0.2, 0) is 9.53 Å². The summed E-state index contributed by atoms with van der Waals surface area (Å²) in [6.07, 6.45) is 0.398. The molecule has 0 fully saturated rings. The maximum Gasteiger partial charge on any atom is 0.342 e. The summed E-state index contributed by atoms with van der Waals surface area (Å²) in [5, 5.41) is 3.32. The molecular formula is C15H11Cl3N2O3. The number of halogens is 3. The SMILES string of the molecule is C[C@@H](OC(=O)c1cccnc1Cl)C(=O)Nc1cc(Cl)cc(Cl)c1. The Balaban J connectivity index is 2.02. The lowest BCUT2D eigenvalue weighted by Crippen LogP contribution is -2.30. The second-order valence-electron chi connectivity index (χ2n) is 4.54. The molecule has 5 nitrogen and oxygen atoms in total. The molecule has 1 aromatic carbocycles. The van der Waals surface area contributed by atoms with Crippen LogP contribution in [0, 0.1) is 0 Å². The second-order valence-corrected chi connectivity index (χ2v) is 5.77. The first kappa shape index (κ1) is 17.5. The number of aromatic nitrogens is 1. The average Bonchev–Trinajstić information content (AvgIpc) is 2.46. The lowest BCUT2D eigenvalue weighted by Gasteiger charge is -2.14. The number of hydrogen-bond acceptors (Lipinski definition) is 4. The van der Waals surface area contributed by atoms with Crippen LogP contribution in [0.4, 0.5) is 5.69 Å². The minimum atomic E-state index is -1.04. The third-order valence-electron chi connectivity index (χ3n) is 2.76. The highest BCUT2D eigenvalue weighted by Gasteiger charge is 2.21. The van der Waals surface area contributed by atoms with Crippen LogP contribution >= 0.6 is 34.8 Å². The normalized spacial score (nSPS) is 11.7. The number of esters is 1. The van der Waals surface area contributed by atoms with Crippen LogP contribution in [0.5, 0.6) is 0 Å². The Kier molecular flexibility index (Phi) is 5.82. The topological polar surface area (TPSA) is 68.3 Å². The largest absolute Gasteiger partial charge is 0.449 e. The first-order valence-electron chi connectivity index (χ1n) is 6.45. The number of hydrogen-bond donors (Lipinski definition) is 1. The number of nitrogens with zero attached hydrogens (tertiary/aromatic N) is 1. The lowest BCUT2D eigenvalue weighted by molar-refractivity contribution is -0.123. The van der Waals surface area contributed by atoms with Gasteiger partial charge in [-0.15, -0.1) is 0 Å². The van der Waals surface area contributed by atoms with E-state index in [0.29, 0.717) is 15.7 Å². The van der Waals surface area contributed by atoms with Gasteiger partial charge in [0, 0.05) is 21.9 Å². The van der Waals surface area contributed by atoms with Gasteiger partial charge >= 0.3 is 5.97 Å². The molecule has 0 bridgehead atoms. The van der Waals surface area contributed by atoms with Gasteiger partial charge in [0.25, 0.3) is 5.91 Å². The fourth-order valence-corrected chi connectivity index (χ4v) is 2.41. The maximum atomic E-state index is 12.1. The van der Waals surface area contributed by atoms with E-state index in [1.54, 1.807) is 6.07 Å². The standard InChI is InChI=1S/C15H11Cl3N2O3/c1-8(23-15(22)12-3-2-4-19-13(12)18)14(21)20-11-6-9(16)5-10(17)7-11/h2-8H,1H3,(H,20,21)/t8-/m1/s1. The Morgan fingerprint density at radius 1 is 1.17 bits per heavy atom. The molecule has 0 unspecified atom stereocenters. The van der Waals surface area contributed by atoms with Crippen molar-refractivity contribution in [1.82, 2.24) is 4.98 Å². The predicted octanol–water partition coefficient (Wildman–Crippen LogP) is 4.23. The van der Waals surface area contributed by atoms with Crippen molar-refractivity contribution in [3.63, 3.8) is 0 Å². The second kappa shape index (κ2) is 7.64. The van der Waals surface area contributed by atoms with E-state index in [4.69, 9.17) is 39.5 Å². The minimum Gasteiger partial charge on any atom is -0.449 e. The van der Waals surface area contributed by atoms with Crippen LogP contribution in [0.3, 0.4) is 0 Å². The highest BCUT2D eigenvalue weighted by atomic mass is 35.5. The molecule has 1 heterocycles. The molecule has 23 heavy (non-hydrogen) atoms. The zero-order valence-corrected chi connectivity index (χ0v) is 14.1. The number of carbonyl (C=O) groups is 2. The van der Waals surface area contributed by atoms with Crippen molar-refractivity contribution in [3.05, 3.63) is 57.3 Å². The molecule has 2 rings (SSSR count). The summed E-state index contributed by atoms with van der Waals surface area (Å²) in [6, 6.07) is 7.59. The van der Waals surface area contributed by atoms with Crippen LogP contribution in [0.15, 0.2) is 36.5 Å². The molecule has 0 aliphatic heterocycles. The van der Waals surface area contributed by atoms with Crippen LogP contribution in [0.1, 0.15) is 17.3 Å². The summed E-state index contributed by atoms with van der Waals surface area (Å²) >= 11 is 17.5. The smallest absolute Gasteiger partial charge is 0.342 e. The van der Waals surface area contributed by atoms with E-state index < -0.39 is 18.0 Å². The van der Waals surface area contributed by atoms with Crippen molar-refractivity contribution < 1.29 is 14.3 Å². The Labute approximate surface area is 147 Å². The summed E-state index contributed by atoms with van der Waals surface area (Å²) in [4.78, 5) is 27.8. The van der Waals surface area contributed by atoms with E-state index >= 15 is 0 Å². The van der Waals surface area contributed by atoms with Crippen molar-refractivity contribution in [2.75, 3.05) is 5.32 Å². The van der Waals surface area contributed by atoms with Crippen molar-refractivity contribution in [3.8, 4) is 0 Å². The van der Waals surface area contributed by atoms with Gasteiger partial charge in [-0.2, -0.15) is 0 Å². The number of pyridine rings is 1. The van der Waals surface area contributed by atoms with E-state index in [1.807, 2.05) is 0 Å². The summed E-state index contributed by atoms with van der Waals surface area (Å²) < 4.78 is 5.07. The molecule has 8 heteroatoms. The zero-order valence-electron chi connectivity index (χ0n) is 11.8. The number of rotatable bonds is 4. The molecule has 0 saturated heterocycles. The zero-order chi connectivity index (χ0) is 17.0. The fourth-order valence-electron chi connectivity index (χ4n) is 1.69. The predicted molar refractivity (Wildman–Crippen MR) is 89.2 cm³/mol. The summed E-state index contributed by atoms with van der Waals surface area (Å²) in [7, 11) is 0. The van der Waals surface area contributed by atoms with Crippen molar-refractivity contribution >= 4 is 52.4 Å². The molecule has 0 aliphatic carbocycles. The molecule has 0 aliphatic rings. The van der Waals surface area contributed by atoms with E-state index in [9.17, 15) is 9.59 Å². The van der Waals surface area contributed by atoms with Gasteiger partial charge in [-0.3, -0.25) is 4.79 Å². The lowest BCUT2D eigenvalue weighted by atomic mass is 10.2. The molecule has 0 spiro atoms. The Morgan fingerprint density at radius 2 is 1.83 bits per heavy atom. The molecule has 1 aromatic heterocycles. The molecule has 1 amide bonds. The molecule has 0 radical (unpaired) electrons. The first-order chi connectivity index (χ1) is 10.9. The van der Waals surface area contributed by atoms with Crippen molar-refractivity contribution in [1.29, 1.82) is 0 Å². The Morgan fingerprint density at radius 3 is 2.43 bits per heavy atom. The third-order valence-corrected chi connectivity index (χ3v) is 3.50. The van der Waals surface area contributed by atoms with Crippen LogP contribution in [0.25, 0.3) is 0 Å². The van der Waals surface area contributed by atoms with Gasteiger partial charge in [-0.25, -0.2) is 9.78 Å². The van der Waals surface area contributed by atoms with Crippen LogP contribution in [0.2, 0.25) is 15.2 Å². The van der Waals surface area contributed by atoms with E-state index in [1.165, 1.54) is 37.4 Å². The molecule has 2 aromatic rings. The van der Waals surface area contributed by atoms with Crippen molar-refractivity contribution in [2.24, 2.45) is 0 Å². The molecular weight excluding hydrogens is 363 g/mol. The van der Waals surface area contributed by atoms with Gasteiger partial charge in [0.05, 0.1) is 5.56 Å².